The van der Waals surface area contributed by atoms with Crippen molar-refractivity contribution in [3.63, 3.8) is 0 Å². The topological polar surface area (TPSA) is 29.1 Å². The average Bonchev–Trinajstić information content (AvgIpc) is 2.38. The van der Waals surface area contributed by atoms with E-state index in [2.05, 4.69) is 5.32 Å². The van der Waals surface area contributed by atoms with Crippen molar-refractivity contribution in [2.75, 3.05) is 0 Å². The fraction of sp³-hybridized carbons (Fsp3) is 0.533. The van der Waals surface area contributed by atoms with Gasteiger partial charge in [-0.2, -0.15) is 0 Å². The molecule has 3 heteroatoms. The van der Waals surface area contributed by atoms with Crippen LogP contribution in [0.3, 0.4) is 0 Å². The molecule has 1 N–H and O–H groups in total. The molecule has 2 nitrogen and oxygen atoms in total. The molecule has 0 aromatic heterocycles. The molecule has 3 rings (SSSR count). The molecule has 2 heterocycles. The van der Waals surface area contributed by atoms with E-state index in [1.165, 1.54) is 31.4 Å². The van der Waals surface area contributed by atoms with Crippen molar-refractivity contribution in [1.29, 1.82) is 0 Å². The molecule has 0 amide bonds. The highest BCUT2D eigenvalue weighted by Crippen LogP contribution is 2.31. The molecule has 2 bridgehead atoms. The fourth-order valence-electron chi connectivity index (χ4n) is 3.33. The highest BCUT2D eigenvalue weighted by Gasteiger charge is 2.34. The van der Waals surface area contributed by atoms with Gasteiger partial charge in [0.25, 0.3) is 0 Å². The lowest BCUT2D eigenvalue weighted by atomic mass is 9.77. The van der Waals surface area contributed by atoms with Gasteiger partial charge in [0.05, 0.1) is 0 Å². The number of carbonyl (C=O) groups excluding carboxylic acids is 1. The summed E-state index contributed by atoms with van der Waals surface area (Å²) in [6, 6.07) is 6.97. The predicted molar refractivity (Wildman–Crippen MR) is 68.0 cm³/mol. The van der Waals surface area contributed by atoms with E-state index >= 15 is 0 Å². The van der Waals surface area contributed by atoms with Crippen LogP contribution in [-0.4, -0.2) is 17.9 Å². The van der Waals surface area contributed by atoms with Crippen LogP contribution in [0.4, 0.5) is 4.39 Å². The van der Waals surface area contributed by atoms with Crippen molar-refractivity contribution in [3.05, 3.63) is 35.6 Å². The number of piperidine rings is 2. The van der Waals surface area contributed by atoms with Crippen molar-refractivity contribution < 1.29 is 9.18 Å². The van der Waals surface area contributed by atoms with Crippen LogP contribution in [0.15, 0.2) is 24.3 Å². The first-order valence-electron chi connectivity index (χ1n) is 6.78. The van der Waals surface area contributed by atoms with Crippen molar-refractivity contribution in [2.45, 2.75) is 44.2 Å². The predicted octanol–water partition coefficient (Wildman–Crippen LogP) is 2.93. The van der Waals surface area contributed by atoms with Gasteiger partial charge in [0.15, 0.2) is 5.78 Å². The maximum Gasteiger partial charge on any atom is 0.166 e. The summed E-state index contributed by atoms with van der Waals surface area (Å²) < 4.78 is 12.9. The quantitative estimate of drug-likeness (QED) is 0.814. The number of Topliss-reactive ketones (excluding diaryl/α,β-unsaturated/α-hetero) is 1. The van der Waals surface area contributed by atoms with Crippen LogP contribution in [0.5, 0.6) is 0 Å². The van der Waals surface area contributed by atoms with Gasteiger partial charge in [-0.15, -0.1) is 0 Å². The third-order valence-corrected chi connectivity index (χ3v) is 4.21. The van der Waals surface area contributed by atoms with E-state index in [1.54, 1.807) is 12.1 Å². The Labute approximate surface area is 107 Å². The Bertz CT molecular complexity index is 430. The summed E-state index contributed by atoms with van der Waals surface area (Å²) in [7, 11) is 0. The number of hydrogen-bond acceptors (Lipinski definition) is 2. The van der Waals surface area contributed by atoms with E-state index in [4.69, 9.17) is 0 Å². The standard InChI is InChI=1S/C15H18FNO/c16-12-6-4-10(5-7-12)15(18)11-8-13-2-1-3-14(9-11)17-13/h4-7,11,13-14,17H,1-3,8-9H2. The molecule has 2 atom stereocenters. The lowest BCUT2D eigenvalue weighted by Crippen LogP contribution is -2.50. The molecule has 0 radical (unpaired) electrons. The van der Waals surface area contributed by atoms with Gasteiger partial charge in [-0.1, -0.05) is 6.42 Å². The second-order valence-electron chi connectivity index (χ2n) is 5.53. The van der Waals surface area contributed by atoms with Crippen molar-refractivity contribution in [1.82, 2.24) is 5.32 Å². The van der Waals surface area contributed by atoms with Crippen LogP contribution in [0, 0.1) is 11.7 Å². The number of rotatable bonds is 2. The molecule has 96 valence electrons. The summed E-state index contributed by atoms with van der Waals surface area (Å²) in [6.07, 6.45) is 5.52. The molecule has 1 aromatic carbocycles. The molecule has 2 aliphatic heterocycles. The molecule has 0 aliphatic carbocycles. The third kappa shape index (κ3) is 2.32. The average molecular weight is 247 g/mol. The van der Waals surface area contributed by atoms with Crippen LogP contribution in [0.2, 0.25) is 0 Å². The Kier molecular flexibility index (Phi) is 3.16. The maximum atomic E-state index is 12.9. The first-order chi connectivity index (χ1) is 8.72. The first kappa shape index (κ1) is 11.8. The van der Waals surface area contributed by atoms with Gasteiger partial charge in [-0.3, -0.25) is 4.79 Å². The molecule has 2 fully saturated rings. The molecule has 2 unspecified atom stereocenters. The number of halogens is 1. The van der Waals surface area contributed by atoms with E-state index in [0.29, 0.717) is 17.6 Å². The minimum absolute atomic E-state index is 0.118. The molecule has 2 saturated heterocycles. The van der Waals surface area contributed by atoms with Gasteiger partial charge in [0.1, 0.15) is 5.82 Å². The number of hydrogen-bond donors (Lipinski definition) is 1. The van der Waals surface area contributed by atoms with Gasteiger partial charge in [0, 0.05) is 23.6 Å². The Morgan fingerprint density at radius 3 is 2.33 bits per heavy atom. The van der Waals surface area contributed by atoms with Crippen LogP contribution in [0.25, 0.3) is 0 Å². The second-order valence-corrected chi connectivity index (χ2v) is 5.53. The maximum absolute atomic E-state index is 12.9. The summed E-state index contributed by atoms with van der Waals surface area (Å²) in [5, 5.41) is 3.59. The normalized spacial score (nSPS) is 31.1. The highest BCUT2D eigenvalue weighted by molar-refractivity contribution is 5.97. The molecular formula is C15H18FNO. The molecule has 0 spiro atoms. The minimum atomic E-state index is -0.284. The van der Waals surface area contributed by atoms with Gasteiger partial charge in [-0.05, 0) is 49.9 Å². The number of ketones is 1. The largest absolute Gasteiger partial charge is 0.311 e. The Balaban J connectivity index is 1.74. The molecular weight excluding hydrogens is 229 g/mol. The Morgan fingerprint density at radius 1 is 1.11 bits per heavy atom. The van der Waals surface area contributed by atoms with E-state index in [9.17, 15) is 9.18 Å². The van der Waals surface area contributed by atoms with E-state index in [0.717, 1.165) is 12.8 Å². The third-order valence-electron chi connectivity index (χ3n) is 4.21. The lowest BCUT2D eigenvalue weighted by Gasteiger charge is -2.39. The van der Waals surface area contributed by atoms with Crippen LogP contribution in [-0.2, 0) is 0 Å². The zero-order chi connectivity index (χ0) is 12.5. The molecule has 1 aromatic rings. The highest BCUT2D eigenvalue weighted by atomic mass is 19.1. The van der Waals surface area contributed by atoms with Crippen molar-refractivity contribution >= 4 is 5.78 Å². The molecule has 18 heavy (non-hydrogen) atoms. The Morgan fingerprint density at radius 2 is 1.72 bits per heavy atom. The zero-order valence-electron chi connectivity index (χ0n) is 10.4. The van der Waals surface area contributed by atoms with Crippen LogP contribution < -0.4 is 5.32 Å². The second kappa shape index (κ2) is 4.81. The van der Waals surface area contributed by atoms with E-state index < -0.39 is 0 Å². The summed E-state index contributed by atoms with van der Waals surface area (Å²) in [5.74, 6) is 0.0224. The number of carbonyl (C=O) groups is 1. The molecule has 2 aliphatic rings. The zero-order valence-corrected chi connectivity index (χ0v) is 10.4. The number of benzene rings is 1. The van der Waals surface area contributed by atoms with Gasteiger partial charge in [0.2, 0.25) is 0 Å². The summed E-state index contributed by atoms with van der Waals surface area (Å²) in [6.45, 7) is 0. The van der Waals surface area contributed by atoms with E-state index in [1.807, 2.05) is 0 Å². The van der Waals surface area contributed by atoms with Crippen molar-refractivity contribution in [2.24, 2.45) is 5.92 Å². The van der Waals surface area contributed by atoms with E-state index in [-0.39, 0.29) is 17.5 Å². The summed E-state index contributed by atoms with van der Waals surface area (Å²) >= 11 is 0. The first-order valence-corrected chi connectivity index (χ1v) is 6.78. The van der Waals surface area contributed by atoms with Gasteiger partial charge < -0.3 is 5.32 Å². The SMILES string of the molecule is O=C(c1ccc(F)cc1)C1CC2CCCC(C1)N2. The molecule has 0 saturated carbocycles. The number of fused-ring (bicyclic) bond motifs is 2. The Hall–Kier alpha value is -1.22. The lowest BCUT2D eigenvalue weighted by molar-refractivity contribution is 0.0825. The summed E-state index contributed by atoms with van der Waals surface area (Å²) in [5.41, 5.74) is 0.654. The monoisotopic (exact) mass is 247 g/mol. The van der Waals surface area contributed by atoms with Gasteiger partial charge in [-0.25, -0.2) is 4.39 Å². The van der Waals surface area contributed by atoms with Gasteiger partial charge >= 0.3 is 0 Å². The fourth-order valence-corrected chi connectivity index (χ4v) is 3.33. The smallest absolute Gasteiger partial charge is 0.166 e. The number of nitrogens with one attached hydrogen (secondary N) is 1. The van der Waals surface area contributed by atoms with Crippen LogP contribution >= 0.6 is 0 Å². The van der Waals surface area contributed by atoms with Crippen molar-refractivity contribution in [3.8, 4) is 0 Å². The minimum Gasteiger partial charge on any atom is -0.311 e. The van der Waals surface area contributed by atoms with Crippen LogP contribution in [0.1, 0.15) is 42.5 Å². The summed E-state index contributed by atoms with van der Waals surface area (Å²) in [4.78, 5) is 12.4.